The lowest BCUT2D eigenvalue weighted by Gasteiger charge is -2.35. The van der Waals surface area contributed by atoms with Gasteiger partial charge < -0.3 is 19.7 Å². The predicted molar refractivity (Wildman–Crippen MR) is 184 cm³/mol. The number of carbonyl (C=O) groups excluding carboxylic acids is 2. The smallest absolute Gasteiger partial charge is 0.264 e. The number of aryl methyl sites for hydroxylation is 1. The highest BCUT2D eigenvalue weighted by atomic mass is 32.2. The molecule has 0 fully saturated rings. The van der Waals surface area contributed by atoms with Crippen molar-refractivity contribution in [2.24, 2.45) is 0 Å². The van der Waals surface area contributed by atoms with Crippen LogP contribution in [0.1, 0.15) is 37.5 Å². The molecule has 0 spiro atoms. The third kappa shape index (κ3) is 9.13. The number of hydrogen-bond acceptors (Lipinski definition) is 6. The van der Waals surface area contributed by atoms with E-state index < -0.39 is 39.9 Å². The molecule has 1 unspecified atom stereocenters. The van der Waals surface area contributed by atoms with Crippen molar-refractivity contribution in [2.45, 2.75) is 57.1 Å². The highest BCUT2D eigenvalue weighted by Gasteiger charge is 2.36. The Morgan fingerprint density at radius 3 is 2.08 bits per heavy atom. The van der Waals surface area contributed by atoms with Gasteiger partial charge in [-0.1, -0.05) is 60.2 Å². The first-order valence-electron chi connectivity index (χ1n) is 15.4. The summed E-state index contributed by atoms with van der Waals surface area (Å²) < 4.78 is 54.2. The van der Waals surface area contributed by atoms with Crippen LogP contribution in [-0.2, 0) is 32.6 Å². The molecule has 4 rings (SSSR count). The molecule has 0 bridgehead atoms. The van der Waals surface area contributed by atoms with Gasteiger partial charge in [-0.3, -0.25) is 13.9 Å². The Hall–Kier alpha value is -4.90. The van der Waals surface area contributed by atoms with E-state index in [1.54, 1.807) is 0 Å². The summed E-state index contributed by atoms with van der Waals surface area (Å²) in [4.78, 5) is 29.9. The van der Waals surface area contributed by atoms with E-state index in [9.17, 15) is 22.4 Å². The van der Waals surface area contributed by atoms with Crippen LogP contribution in [-0.4, -0.2) is 57.5 Å². The van der Waals surface area contributed by atoms with Crippen LogP contribution < -0.4 is 19.1 Å². The van der Waals surface area contributed by atoms with Gasteiger partial charge in [0, 0.05) is 24.6 Å². The minimum absolute atomic E-state index is 0.0310. The molecule has 4 aromatic carbocycles. The van der Waals surface area contributed by atoms with Gasteiger partial charge in [0.15, 0.2) is 11.5 Å². The summed E-state index contributed by atoms with van der Waals surface area (Å²) in [6.07, 6.45) is 0.180. The summed E-state index contributed by atoms with van der Waals surface area (Å²) in [5.74, 6) is -1.10. The first kappa shape index (κ1) is 35.9. The lowest BCUT2D eigenvalue weighted by Crippen LogP contribution is -2.56. The third-order valence-electron chi connectivity index (χ3n) is 7.54. The summed E-state index contributed by atoms with van der Waals surface area (Å²) in [7, 11) is -1.63. The van der Waals surface area contributed by atoms with E-state index in [1.165, 1.54) is 49.5 Å². The zero-order chi connectivity index (χ0) is 35.1. The second kappa shape index (κ2) is 15.3. The fourth-order valence-corrected chi connectivity index (χ4v) is 6.68. The summed E-state index contributed by atoms with van der Waals surface area (Å²) in [5, 5.41) is 3.01. The summed E-state index contributed by atoms with van der Waals surface area (Å²) in [6.45, 7) is 6.83. The van der Waals surface area contributed by atoms with Crippen molar-refractivity contribution in [1.82, 2.24) is 10.2 Å². The van der Waals surface area contributed by atoms with Crippen molar-refractivity contribution in [1.29, 1.82) is 0 Å². The Bertz CT molecular complexity index is 1830. The molecule has 0 saturated carbocycles. The molecule has 254 valence electrons. The van der Waals surface area contributed by atoms with E-state index in [4.69, 9.17) is 9.47 Å². The maximum absolute atomic E-state index is 14.6. The van der Waals surface area contributed by atoms with Crippen LogP contribution in [0, 0.1) is 12.7 Å². The molecule has 1 atom stereocenters. The van der Waals surface area contributed by atoms with Gasteiger partial charge in [-0.15, -0.1) is 0 Å². The van der Waals surface area contributed by atoms with Crippen LogP contribution in [0.2, 0.25) is 0 Å². The summed E-state index contributed by atoms with van der Waals surface area (Å²) >= 11 is 0. The lowest BCUT2D eigenvalue weighted by atomic mass is 10.0. The Balaban J connectivity index is 1.84. The Kier molecular flexibility index (Phi) is 11.5. The largest absolute Gasteiger partial charge is 0.493 e. The van der Waals surface area contributed by atoms with E-state index in [0.717, 1.165) is 33.1 Å². The van der Waals surface area contributed by atoms with E-state index in [1.807, 2.05) is 82.3 Å². The molecule has 9 nitrogen and oxygen atoms in total. The first-order valence-corrected chi connectivity index (χ1v) is 16.9. The van der Waals surface area contributed by atoms with Crippen LogP contribution in [0.3, 0.4) is 0 Å². The third-order valence-corrected chi connectivity index (χ3v) is 9.31. The van der Waals surface area contributed by atoms with Crippen molar-refractivity contribution in [3.8, 4) is 11.5 Å². The quantitative estimate of drug-likeness (QED) is 0.189. The van der Waals surface area contributed by atoms with Crippen LogP contribution in [0.15, 0.2) is 102 Å². The number of benzene rings is 4. The Morgan fingerprint density at radius 1 is 0.833 bits per heavy atom. The number of nitrogens with zero attached hydrogens (tertiary/aromatic N) is 2. The van der Waals surface area contributed by atoms with E-state index in [2.05, 4.69) is 5.32 Å². The number of rotatable bonds is 13. The van der Waals surface area contributed by atoms with Crippen LogP contribution in [0.25, 0.3) is 0 Å². The second-order valence-corrected chi connectivity index (χ2v) is 14.3. The maximum atomic E-state index is 14.6. The molecule has 0 radical (unpaired) electrons. The maximum Gasteiger partial charge on any atom is 0.264 e. The van der Waals surface area contributed by atoms with Gasteiger partial charge in [0.2, 0.25) is 11.8 Å². The van der Waals surface area contributed by atoms with E-state index >= 15 is 0 Å². The first-order chi connectivity index (χ1) is 22.7. The fraction of sp³-hybridized carbons (Fsp3) is 0.297. The Labute approximate surface area is 282 Å². The molecule has 0 aliphatic rings. The van der Waals surface area contributed by atoms with Crippen molar-refractivity contribution in [2.75, 3.05) is 25.1 Å². The van der Waals surface area contributed by atoms with Crippen molar-refractivity contribution >= 4 is 27.5 Å². The summed E-state index contributed by atoms with van der Waals surface area (Å²) in [6, 6.07) is 24.8. The Morgan fingerprint density at radius 2 is 1.48 bits per heavy atom. The molecule has 0 heterocycles. The molecular weight excluding hydrogens is 633 g/mol. The van der Waals surface area contributed by atoms with Gasteiger partial charge in [0.1, 0.15) is 18.4 Å². The van der Waals surface area contributed by atoms with Crippen molar-refractivity contribution in [3.05, 3.63) is 120 Å². The lowest BCUT2D eigenvalue weighted by molar-refractivity contribution is -0.140. The summed E-state index contributed by atoms with van der Waals surface area (Å²) in [5.41, 5.74) is 2.00. The molecule has 1 N–H and O–H groups in total. The normalized spacial score (nSPS) is 12.1. The number of methoxy groups -OCH3 is 2. The highest BCUT2D eigenvalue weighted by molar-refractivity contribution is 7.92. The van der Waals surface area contributed by atoms with Gasteiger partial charge >= 0.3 is 0 Å². The molecule has 0 aliphatic carbocycles. The topological polar surface area (TPSA) is 105 Å². The van der Waals surface area contributed by atoms with Gasteiger partial charge in [-0.05, 0) is 75.2 Å². The zero-order valence-electron chi connectivity index (χ0n) is 28.1. The fourth-order valence-electron chi connectivity index (χ4n) is 5.25. The average Bonchev–Trinajstić information content (AvgIpc) is 3.04. The monoisotopic (exact) mass is 675 g/mol. The molecular formula is C37H42FN3O6S. The molecule has 4 aromatic rings. The molecule has 48 heavy (non-hydrogen) atoms. The number of ether oxygens (including phenoxy) is 2. The van der Waals surface area contributed by atoms with Gasteiger partial charge in [-0.2, -0.15) is 0 Å². The predicted octanol–water partition coefficient (Wildman–Crippen LogP) is 5.90. The van der Waals surface area contributed by atoms with Crippen molar-refractivity contribution in [3.63, 3.8) is 0 Å². The molecule has 0 aliphatic heterocycles. The standard InChI is InChI=1S/C37H42FN3O6S/c1-26-11-10-14-28(21-26)24-40(32(36(43)39-37(2,3)4)22-27-12-8-7-9-13-27)35(42)25-41(30-17-15-29(38)16-18-30)48(44,45)31-19-20-33(46-5)34(23-31)47-6/h7-21,23,32H,22,24-25H2,1-6H3,(H,39,43). The number of amides is 2. The van der Waals surface area contributed by atoms with Gasteiger partial charge in [0.05, 0.1) is 24.8 Å². The molecule has 0 saturated heterocycles. The van der Waals surface area contributed by atoms with Crippen LogP contribution in [0.5, 0.6) is 11.5 Å². The molecule has 2 amide bonds. The minimum Gasteiger partial charge on any atom is -0.493 e. The van der Waals surface area contributed by atoms with Crippen molar-refractivity contribution < 1.29 is 31.9 Å². The van der Waals surface area contributed by atoms with Crippen LogP contribution >= 0.6 is 0 Å². The number of carbonyl (C=O) groups is 2. The second-order valence-electron chi connectivity index (χ2n) is 12.5. The SMILES string of the molecule is COc1ccc(S(=O)(=O)N(CC(=O)N(Cc2cccc(C)c2)C(Cc2ccccc2)C(=O)NC(C)(C)C)c2ccc(F)cc2)cc1OC. The van der Waals surface area contributed by atoms with Gasteiger partial charge in [-0.25, -0.2) is 12.8 Å². The highest BCUT2D eigenvalue weighted by Crippen LogP contribution is 2.32. The van der Waals surface area contributed by atoms with Crippen LogP contribution in [0.4, 0.5) is 10.1 Å². The number of sulfonamides is 1. The average molecular weight is 676 g/mol. The number of halogens is 1. The molecule has 11 heteroatoms. The van der Waals surface area contributed by atoms with E-state index in [0.29, 0.717) is 5.75 Å². The zero-order valence-corrected chi connectivity index (χ0v) is 28.9. The number of hydrogen-bond donors (Lipinski definition) is 1. The minimum atomic E-state index is -4.44. The molecule has 0 aromatic heterocycles. The van der Waals surface area contributed by atoms with Gasteiger partial charge in [0.25, 0.3) is 10.0 Å². The number of nitrogens with one attached hydrogen (secondary N) is 1. The number of anilines is 1. The van der Waals surface area contributed by atoms with E-state index in [-0.39, 0.29) is 35.2 Å².